The number of amides is 1. The number of hydrogen-bond acceptors (Lipinski definition) is 3. The van der Waals surface area contributed by atoms with Crippen molar-refractivity contribution in [2.75, 3.05) is 26.2 Å². The molecule has 0 aliphatic carbocycles. The Kier molecular flexibility index (Phi) is 4.02. The minimum Gasteiger partial charge on any atom is -0.340 e. The molecule has 21 heavy (non-hydrogen) atoms. The third kappa shape index (κ3) is 3.12. The second kappa shape index (κ2) is 5.79. The maximum Gasteiger partial charge on any atom is 0.244 e. The van der Waals surface area contributed by atoms with Crippen molar-refractivity contribution < 1.29 is 4.79 Å². The molecular formula is C16H26N4O. The number of carbonyl (C=O) groups is 1. The monoisotopic (exact) mass is 290 g/mol. The summed E-state index contributed by atoms with van der Waals surface area (Å²) in [5.41, 5.74) is 2.36. The minimum atomic E-state index is 0.214. The number of nitrogens with zero attached hydrogens (tertiary/aromatic N) is 3. The van der Waals surface area contributed by atoms with Crippen LogP contribution in [0.25, 0.3) is 0 Å². The van der Waals surface area contributed by atoms with E-state index in [1.165, 1.54) is 19.3 Å². The number of carbonyl (C=O) groups excluding carboxylic acids is 1. The predicted molar refractivity (Wildman–Crippen MR) is 82.1 cm³/mol. The Morgan fingerprint density at radius 3 is 2.86 bits per heavy atom. The largest absolute Gasteiger partial charge is 0.340 e. The lowest BCUT2D eigenvalue weighted by molar-refractivity contribution is -0.136. The Morgan fingerprint density at radius 2 is 2.19 bits per heavy atom. The number of aromatic nitrogens is 2. The molecule has 1 amide bonds. The fourth-order valence-corrected chi connectivity index (χ4v) is 3.86. The van der Waals surface area contributed by atoms with Gasteiger partial charge in [0.2, 0.25) is 5.91 Å². The molecule has 1 spiro atoms. The van der Waals surface area contributed by atoms with Crippen molar-refractivity contribution in [3.63, 3.8) is 0 Å². The molecule has 3 heterocycles. The first-order valence-corrected chi connectivity index (χ1v) is 8.08. The molecule has 1 atom stereocenters. The molecule has 2 fully saturated rings. The van der Waals surface area contributed by atoms with Crippen LogP contribution in [0.1, 0.15) is 37.1 Å². The summed E-state index contributed by atoms with van der Waals surface area (Å²) in [6.45, 7) is 8.37. The smallest absolute Gasteiger partial charge is 0.244 e. The van der Waals surface area contributed by atoms with E-state index in [2.05, 4.69) is 15.3 Å². The Labute approximate surface area is 126 Å². The van der Waals surface area contributed by atoms with Crippen LogP contribution in [0, 0.1) is 19.3 Å². The van der Waals surface area contributed by atoms with Crippen LogP contribution in [0.4, 0.5) is 0 Å². The fraction of sp³-hybridized carbons (Fsp3) is 0.750. The molecule has 1 aromatic heterocycles. The van der Waals surface area contributed by atoms with Gasteiger partial charge in [0.15, 0.2) is 0 Å². The van der Waals surface area contributed by atoms with Gasteiger partial charge < -0.3 is 10.2 Å². The fourth-order valence-electron chi connectivity index (χ4n) is 3.86. The molecule has 2 aliphatic heterocycles. The van der Waals surface area contributed by atoms with E-state index < -0.39 is 0 Å². The number of rotatable bonds is 2. The van der Waals surface area contributed by atoms with Gasteiger partial charge in [-0.05, 0) is 52.1 Å². The van der Waals surface area contributed by atoms with Gasteiger partial charge in [-0.15, -0.1) is 0 Å². The third-order valence-corrected chi connectivity index (χ3v) is 4.96. The predicted octanol–water partition coefficient (Wildman–Crippen LogP) is 1.49. The van der Waals surface area contributed by atoms with Gasteiger partial charge in [0, 0.05) is 30.7 Å². The molecule has 5 nitrogen and oxygen atoms in total. The van der Waals surface area contributed by atoms with Crippen LogP contribution < -0.4 is 5.32 Å². The highest BCUT2D eigenvalue weighted by atomic mass is 16.2. The lowest BCUT2D eigenvalue weighted by Crippen LogP contribution is -2.53. The third-order valence-electron chi connectivity index (χ3n) is 4.96. The van der Waals surface area contributed by atoms with Crippen LogP contribution >= 0.6 is 0 Å². The molecule has 1 unspecified atom stereocenters. The first kappa shape index (κ1) is 14.6. The maximum absolute atomic E-state index is 12.6. The molecule has 3 rings (SSSR count). The molecule has 5 heteroatoms. The van der Waals surface area contributed by atoms with Gasteiger partial charge in [-0.2, -0.15) is 5.10 Å². The zero-order chi connectivity index (χ0) is 14.9. The lowest BCUT2D eigenvalue weighted by atomic mass is 9.74. The summed E-state index contributed by atoms with van der Waals surface area (Å²) in [6.07, 6.45) is 4.87. The van der Waals surface area contributed by atoms with E-state index in [9.17, 15) is 4.79 Å². The van der Waals surface area contributed by atoms with E-state index in [1.807, 2.05) is 24.6 Å². The molecule has 2 saturated heterocycles. The van der Waals surface area contributed by atoms with Crippen LogP contribution in [-0.2, 0) is 11.3 Å². The summed E-state index contributed by atoms with van der Waals surface area (Å²) in [7, 11) is 0. The highest BCUT2D eigenvalue weighted by Crippen LogP contribution is 2.35. The Morgan fingerprint density at radius 1 is 1.38 bits per heavy atom. The number of hydrogen-bond donors (Lipinski definition) is 1. The average molecular weight is 290 g/mol. The zero-order valence-electron chi connectivity index (χ0n) is 13.2. The van der Waals surface area contributed by atoms with Crippen LogP contribution in [0.15, 0.2) is 6.07 Å². The highest BCUT2D eigenvalue weighted by molar-refractivity contribution is 5.76. The Bertz CT molecular complexity index is 511. The van der Waals surface area contributed by atoms with Crippen LogP contribution in [0.5, 0.6) is 0 Å². The summed E-state index contributed by atoms with van der Waals surface area (Å²) >= 11 is 0. The highest BCUT2D eigenvalue weighted by Gasteiger charge is 2.37. The second-order valence-corrected chi connectivity index (χ2v) is 6.78. The molecular weight excluding hydrogens is 264 g/mol. The van der Waals surface area contributed by atoms with Crippen molar-refractivity contribution in [2.24, 2.45) is 5.41 Å². The van der Waals surface area contributed by atoms with Gasteiger partial charge >= 0.3 is 0 Å². The molecule has 1 aromatic rings. The summed E-state index contributed by atoms with van der Waals surface area (Å²) in [5, 5.41) is 7.92. The molecule has 0 bridgehead atoms. The van der Waals surface area contributed by atoms with Crippen molar-refractivity contribution >= 4 is 5.91 Å². The summed E-state index contributed by atoms with van der Waals surface area (Å²) < 4.78 is 1.83. The average Bonchev–Trinajstić information content (AvgIpc) is 2.78. The van der Waals surface area contributed by atoms with E-state index in [1.54, 1.807) is 0 Å². The van der Waals surface area contributed by atoms with Crippen molar-refractivity contribution in [3.05, 3.63) is 17.5 Å². The molecule has 2 aliphatic rings. The van der Waals surface area contributed by atoms with E-state index >= 15 is 0 Å². The van der Waals surface area contributed by atoms with Crippen LogP contribution in [0.3, 0.4) is 0 Å². The standard InChI is InChI=1S/C16H26N4O/c1-13-9-14(2)20(18-13)10-15(21)19-8-4-6-16(12-19)5-3-7-17-11-16/h9,17H,3-8,10-12H2,1-2H3. The molecule has 0 radical (unpaired) electrons. The Balaban J connectivity index is 1.65. The Hall–Kier alpha value is -1.36. The van der Waals surface area contributed by atoms with Gasteiger partial charge in [0.1, 0.15) is 6.54 Å². The topological polar surface area (TPSA) is 50.2 Å². The normalized spacial score (nSPS) is 26.3. The van der Waals surface area contributed by atoms with Crippen molar-refractivity contribution in [1.29, 1.82) is 0 Å². The number of aryl methyl sites for hydroxylation is 2. The summed E-state index contributed by atoms with van der Waals surface area (Å²) in [4.78, 5) is 14.7. The molecule has 0 saturated carbocycles. The SMILES string of the molecule is Cc1cc(C)n(CC(=O)N2CCCC3(CCCNC3)C2)n1. The first-order valence-electron chi connectivity index (χ1n) is 8.08. The van der Waals surface area contributed by atoms with Crippen molar-refractivity contribution in [2.45, 2.75) is 46.1 Å². The zero-order valence-corrected chi connectivity index (χ0v) is 13.2. The lowest BCUT2D eigenvalue weighted by Gasteiger charge is -2.45. The molecule has 0 aromatic carbocycles. The van der Waals surface area contributed by atoms with Crippen LogP contribution in [0.2, 0.25) is 0 Å². The number of nitrogens with one attached hydrogen (secondary N) is 1. The quantitative estimate of drug-likeness (QED) is 0.898. The maximum atomic E-state index is 12.6. The van der Waals surface area contributed by atoms with E-state index in [0.717, 1.165) is 44.0 Å². The van der Waals surface area contributed by atoms with E-state index in [4.69, 9.17) is 0 Å². The minimum absolute atomic E-state index is 0.214. The van der Waals surface area contributed by atoms with E-state index in [-0.39, 0.29) is 5.91 Å². The summed E-state index contributed by atoms with van der Waals surface area (Å²) in [6, 6.07) is 2.02. The summed E-state index contributed by atoms with van der Waals surface area (Å²) in [5.74, 6) is 0.214. The van der Waals surface area contributed by atoms with Gasteiger partial charge in [-0.1, -0.05) is 0 Å². The molecule has 116 valence electrons. The van der Waals surface area contributed by atoms with Crippen LogP contribution in [-0.4, -0.2) is 46.8 Å². The first-order chi connectivity index (χ1) is 10.1. The number of piperidine rings is 2. The van der Waals surface area contributed by atoms with Crippen molar-refractivity contribution in [1.82, 2.24) is 20.0 Å². The van der Waals surface area contributed by atoms with Gasteiger partial charge in [0.25, 0.3) is 0 Å². The second-order valence-electron chi connectivity index (χ2n) is 6.78. The molecule has 1 N–H and O–H groups in total. The van der Waals surface area contributed by atoms with Gasteiger partial charge in [-0.3, -0.25) is 9.48 Å². The van der Waals surface area contributed by atoms with E-state index in [0.29, 0.717) is 12.0 Å². The number of likely N-dealkylation sites (tertiary alicyclic amines) is 1. The van der Waals surface area contributed by atoms with Gasteiger partial charge in [0.05, 0.1) is 5.69 Å². The van der Waals surface area contributed by atoms with Gasteiger partial charge in [-0.25, -0.2) is 0 Å². The van der Waals surface area contributed by atoms with Crippen molar-refractivity contribution in [3.8, 4) is 0 Å².